The minimum Gasteiger partial charge on any atom is -0.508 e. The molecule has 2 aromatic carbocycles. The Morgan fingerprint density at radius 1 is 1.09 bits per heavy atom. The average Bonchev–Trinajstić information content (AvgIpc) is 3.30. The molecule has 0 radical (unpaired) electrons. The number of benzene rings is 2. The number of hydrogen-bond acceptors (Lipinski definition) is 4. The van der Waals surface area contributed by atoms with Gasteiger partial charge in [-0.05, 0) is 61.9 Å². The van der Waals surface area contributed by atoms with Gasteiger partial charge in [0.15, 0.2) is 0 Å². The highest BCUT2D eigenvalue weighted by atomic mass is 16.3. The fraction of sp³-hybridized carbons (Fsp3) is 0.519. The lowest BCUT2D eigenvalue weighted by Gasteiger charge is -2.60. The molecule has 1 spiro atoms. The van der Waals surface area contributed by atoms with Crippen LogP contribution in [0, 0.1) is 18.3 Å². The Bertz CT molecular complexity index is 1010. The van der Waals surface area contributed by atoms with Gasteiger partial charge in [0, 0.05) is 55.8 Å². The standard InChI is InChI=1S/C27H33N3O2/c1-19-7-8-21(11-25(19)31)26(32)30-17-27(18-30)12-23(13-27)29-15-22-9-10-28(24(22)16-29)14-20-5-3-2-4-6-20/h2-8,11,22-24,31H,9-10,12-18H2,1H3. The molecule has 5 nitrogen and oxygen atoms in total. The summed E-state index contributed by atoms with van der Waals surface area (Å²) in [6.07, 6.45) is 3.79. The Hall–Kier alpha value is -2.37. The minimum absolute atomic E-state index is 0.0571. The lowest BCUT2D eigenvalue weighted by Crippen LogP contribution is -2.67. The van der Waals surface area contributed by atoms with Crippen molar-refractivity contribution >= 4 is 5.91 Å². The summed E-state index contributed by atoms with van der Waals surface area (Å²) in [6, 6.07) is 17.5. The highest BCUT2D eigenvalue weighted by molar-refractivity contribution is 5.95. The molecule has 2 unspecified atom stereocenters. The fourth-order valence-electron chi connectivity index (χ4n) is 6.68. The molecule has 168 valence electrons. The van der Waals surface area contributed by atoms with Gasteiger partial charge in [-0.3, -0.25) is 14.6 Å². The van der Waals surface area contributed by atoms with Gasteiger partial charge < -0.3 is 10.0 Å². The molecule has 32 heavy (non-hydrogen) atoms. The number of carbonyl (C=O) groups is 1. The summed E-state index contributed by atoms with van der Waals surface area (Å²) >= 11 is 0. The van der Waals surface area contributed by atoms with Crippen molar-refractivity contribution in [3.05, 3.63) is 65.2 Å². The molecule has 2 aromatic rings. The van der Waals surface area contributed by atoms with Crippen LogP contribution in [0.25, 0.3) is 0 Å². The molecule has 4 fully saturated rings. The van der Waals surface area contributed by atoms with Crippen LogP contribution in [0.3, 0.4) is 0 Å². The molecule has 1 saturated carbocycles. The quantitative estimate of drug-likeness (QED) is 0.805. The summed E-state index contributed by atoms with van der Waals surface area (Å²) in [5.41, 5.74) is 3.18. The molecule has 2 atom stereocenters. The Morgan fingerprint density at radius 3 is 2.62 bits per heavy atom. The van der Waals surface area contributed by atoms with E-state index in [0.717, 1.165) is 31.1 Å². The lowest BCUT2D eigenvalue weighted by atomic mass is 9.60. The SMILES string of the molecule is Cc1ccc(C(=O)N2CC3(CC(N4CC5CCN(Cc6ccccc6)C5C4)C3)C2)cc1O. The zero-order valence-electron chi connectivity index (χ0n) is 18.9. The number of hydrogen-bond donors (Lipinski definition) is 1. The van der Waals surface area contributed by atoms with Crippen LogP contribution in [0.5, 0.6) is 5.75 Å². The van der Waals surface area contributed by atoms with Crippen LogP contribution in [0.1, 0.15) is 40.7 Å². The first-order chi connectivity index (χ1) is 15.5. The Balaban J connectivity index is 1.01. The Kier molecular flexibility index (Phi) is 4.81. The van der Waals surface area contributed by atoms with E-state index in [4.69, 9.17) is 0 Å². The molecule has 1 N–H and O–H groups in total. The number of rotatable bonds is 4. The van der Waals surface area contributed by atoms with E-state index in [1.807, 2.05) is 24.0 Å². The van der Waals surface area contributed by atoms with Gasteiger partial charge in [-0.2, -0.15) is 0 Å². The third-order valence-corrected chi connectivity index (χ3v) is 8.57. The molecule has 1 amide bonds. The number of nitrogens with zero attached hydrogens (tertiary/aromatic N) is 3. The maximum Gasteiger partial charge on any atom is 0.254 e. The smallest absolute Gasteiger partial charge is 0.254 e. The van der Waals surface area contributed by atoms with Crippen LogP contribution in [-0.2, 0) is 6.54 Å². The van der Waals surface area contributed by atoms with Crippen molar-refractivity contribution in [1.29, 1.82) is 0 Å². The van der Waals surface area contributed by atoms with Crippen molar-refractivity contribution < 1.29 is 9.90 Å². The predicted octanol–water partition coefficient (Wildman–Crippen LogP) is 3.51. The molecule has 5 heteroatoms. The summed E-state index contributed by atoms with van der Waals surface area (Å²) in [5, 5.41) is 9.93. The van der Waals surface area contributed by atoms with E-state index in [9.17, 15) is 9.90 Å². The van der Waals surface area contributed by atoms with Gasteiger partial charge in [-0.25, -0.2) is 0 Å². The van der Waals surface area contributed by atoms with E-state index >= 15 is 0 Å². The highest BCUT2D eigenvalue weighted by Crippen LogP contribution is 2.52. The number of aromatic hydroxyl groups is 1. The van der Waals surface area contributed by atoms with Crippen molar-refractivity contribution in [2.75, 3.05) is 32.7 Å². The van der Waals surface area contributed by atoms with Crippen LogP contribution in [0.15, 0.2) is 48.5 Å². The van der Waals surface area contributed by atoms with Gasteiger partial charge in [0.1, 0.15) is 5.75 Å². The van der Waals surface area contributed by atoms with Crippen molar-refractivity contribution in [3.63, 3.8) is 0 Å². The molecule has 1 aliphatic carbocycles. The first kappa shape index (κ1) is 20.3. The van der Waals surface area contributed by atoms with E-state index in [2.05, 4.69) is 40.1 Å². The zero-order chi connectivity index (χ0) is 21.9. The summed E-state index contributed by atoms with van der Waals surface area (Å²) < 4.78 is 0. The lowest BCUT2D eigenvalue weighted by molar-refractivity contribution is -0.0903. The minimum atomic E-state index is 0.0571. The van der Waals surface area contributed by atoms with Gasteiger partial charge in [0.25, 0.3) is 5.91 Å². The van der Waals surface area contributed by atoms with Crippen LogP contribution < -0.4 is 0 Å². The molecule has 0 aromatic heterocycles. The summed E-state index contributed by atoms with van der Waals surface area (Å²) in [4.78, 5) is 20.2. The maximum atomic E-state index is 12.8. The van der Waals surface area contributed by atoms with Gasteiger partial charge in [-0.15, -0.1) is 0 Å². The number of amides is 1. The van der Waals surface area contributed by atoms with Crippen LogP contribution in [0.2, 0.25) is 0 Å². The van der Waals surface area contributed by atoms with Crippen LogP contribution >= 0.6 is 0 Å². The number of likely N-dealkylation sites (tertiary alicyclic amines) is 3. The molecule has 3 saturated heterocycles. The largest absolute Gasteiger partial charge is 0.508 e. The third kappa shape index (κ3) is 3.43. The molecule has 3 aliphatic heterocycles. The summed E-state index contributed by atoms with van der Waals surface area (Å²) in [6.45, 7) is 8.37. The van der Waals surface area contributed by atoms with Crippen LogP contribution in [-0.4, -0.2) is 70.5 Å². The Labute approximate surface area is 190 Å². The van der Waals surface area contributed by atoms with Gasteiger partial charge in [-0.1, -0.05) is 36.4 Å². The number of aryl methyl sites for hydroxylation is 1. The van der Waals surface area contributed by atoms with E-state index in [1.165, 1.54) is 44.5 Å². The predicted molar refractivity (Wildman–Crippen MR) is 125 cm³/mol. The molecular formula is C27H33N3O2. The van der Waals surface area contributed by atoms with E-state index < -0.39 is 0 Å². The van der Waals surface area contributed by atoms with Crippen molar-refractivity contribution in [2.24, 2.45) is 11.3 Å². The van der Waals surface area contributed by atoms with E-state index in [-0.39, 0.29) is 11.7 Å². The van der Waals surface area contributed by atoms with Gasteiger partial charge in [0.2, 0.25) is 0 Å². The van der Waals surface area contributed by atoms with Crippen molar-refractivity contribution in [2.45, 2.75) is 44.8 Å². The molecule has 0 bridgehead atoms. The van der Waals surface area contributed by atoms with E-state index in [0.29, 0.717) is 23.1 Å². The Morgan fingerprint density at radius 2 is 1.88 bits per heavy atom. The molecule has 6 rings (SSSR count). The number of fused-ring (bicyclic) bond motifs is 1. The fourth-order valence-corrected chi connectivity index (χ4v) is 6.68. The molecule has 3 heterocycles. The third-order valence-electron chi connectivity index (χ3n) is 8.57. The monoisotopic (exact) mass is 431 g/mol. The summed E-state index contributed by atoms with van der Waals surface area (Å²) in [5.74, 6) is 1.08. The van der Waals surface area contributed by atoms with Crippen LogP contribution in [0.4, 0.5) is 0 Å². The second-order valence-electron chi connectivity index (χ2n) is 10.8. The summed E-state index contributed by atoms with van der Waals surface area (Å²) in [7, 11) is 0. The second kappa shape index (κ2) is 7.60. The number of phenols is 1. The zero-order valence-corrected chi connectivity index (χ0v) is 18.9. The van der Waals surface area contributed by atoms with E-state index in [1.54, 1.807) is 6.07 Å². The highest BCUT2D eigenvalue weighted by Gasteiger charge is 2.56. The van der Waals surface area contributed by atoms with Crippen molar-refractivity contribution in [3.8, 4) is 5.75 Å². The average molecular weight is 432 g/mol. The first-order valence-electron chi connectivity index (χ1n) is 12.1. The van der Waals surface area contributed by atoms with Crippen molar-refractivity contribution in [1.82, 2.24) is 14.7 Å². The number of phenolic OH excluding ortho intramolecular Hbond substituents is 1. The molecular weight excluding hydrogens is 398 g/mol. The second-order valence-corrected chi connectivity index (χ2v) is 10.8. The molecule has 4 aliphatic rings. The first-order valence-corrected chi connectivity index (χ1v) is 12.1. The van der Waals surface area contributed by atoms with Gasteiger partial charge in [0.05, 0.1) is 0 Å². The maximum absolute atomic E-state index is 12.8. The van der Waals surface area contributed by atoms with Gasteiger partial charge >= 0.3 is 0 Å². The normalized spacial score (nSPS) is 27.3. The number of carbonyl (C=O) groups excluding carboxylic acids is 1. The topological polar surface area (TPSA) is 47.0 Å².